The summed E-state index contributed by atoms with van der Waals surface area (Å²) in [6, 6.07) is 19.3. The second kappa shape index (κ2) is 9.88. The molecule has 10 heteroatoms. The van der Waals surface area contributed by atoms with Crippen molar-refractivity contribution in [2.45, 2.75) is 0 Å². The number of nitrogens with zero attached hydrogens (tertiary/aromatic N) is 6. The highest BCUT2D eigenvalue weighted by molar-refractivity contribution is 6.00. The number of rotatable bonds is 6. The van der Waals surface area contributed by atoms with Gasteiger partial charge < -0.3 is 25.5 Å². The summed E-state index contributed by atoms with van der Waals surface area (Å²) in [5, 5.41) is 14.2. The van der Waals surface area contributed by atoms with E-state index in [1.54, 1.807) is 31.8 Å². The molecule has 0 aliphatic rings. The Morgan fingerprint density at radius 2 is 1.65 bits per heavy atom. The van der Waals surface area contributed by atoms with Gasteiger partial charge in [0, 0.05) is 54.2 Å². The Kier molecular flexibility index (Phi) is 6.31. The van der Waals surface area contributed by atoms with Crippen LogP contribution in [0.2, 0.25) is 0 Å². The van der Waals surface area contributed by atoms with Gasteiger partial charge in [-0.05, 0) is 24.3 Å². The smallest absolute Gasteiger partial charge is 0.161 e. The summed E-state index contributed by atoms with van der Waals surface area (Å²) in [5.41, 5.74) is 2.96. The van der Waals surface area contributed by atoms with Crippen LogP contribution in [0.1, 0.15) is 0 Å². The molecule has 0 radical (unpaired) electrons. The third-order valence-electron chi connectivity index (χ3n) is 5.82. The normalized spacial score (nSPS) is 10.8. The summed E-state index contributed by atoms with van der Waals surface area (Å²) in [6.07, 6.45) is 6.98. The summed E-state index contributed by atoms with van der Waals surface area (Å²) >= 11 is 0. The van der Waals surface area contributed by atoms with Crippen molar-refractivity contribution in [2.75, 3.05) is 12.4 Å². The van der Waals surface area contributed by atoms with E-state index in [0.717, 1.165) is 28.0 Å². The van der Waals surface area contributed by atoms with Crippen LogP contribution in [0.3, 0.4) is 0 Å². The van der Waals surface area contributed by atoms with Gasteiger partial charge in [-0.2, -0.15) is 0 Å². The van der Waals surface area contributed by atoms with Crippen LogP contribution in [0.25, 0.3) is 33.3 Å². The molecule has 0 fully saturated rings. The maximum absolute atomic E-state index is 6.10. The first-order chi connectivity index (χ1) is 17.7. The van der Waals surface area contributed by atoms with E-state index in [2.05, 4.69) is 30.5 Å². The number of aryl methyl sites for hydroxylation is 1. The predicted molar refractivity (Wildman–Crippen MR) is 143 cm³/mol. The summed E-state index contributed by atoms with van der Waals surface area (Å²) < 4.78 is 13.3. The molecule has 6 aromatic rings. The average molecular weight is 493 g/mol. The van der Waals surface area contributed by atoms with Gasteiger partial charge in [0.2, 0.25) is 0 Å². The fourth-order valence-electron chi connectivity index (χ4n) is 4.01. The van der Waals surface area contributed by atoms with E-state index in [4.69, 9.17) is 9.47 Å². The van der Waals surface area contributed by atoms with Crippen LogP contribution in [-0.2, 0) is 7.05 Å². The predicted octanol–water partition coefficient (Wildman–Crippen LogP) is 5.68. The summed E-state index contributed by atoms with van der Waals surface area (Å²) in [5.74, 6) is 3.36. The molecule has 10 nitrogen and oxygen atoms in total. The topological polar surface area (TPSA) is 135 Å². The largest absolute Gasteiger partial charge is 0.495 e. The van der Waals surface area contributed by atoms with Crippen molar-refractivity contribution in [1.29, 1.82) is 0 Å². The number of aromatic nitrogens is 6. The average Bonchev–Trinajstić information content (AvgIpc) is 3.35. The van der Waals surface area contributed by atoms with E-state index < -0.39 is 0 Å². The molecule has 2 aromatic carbocycles. The molecular formula is C27H24N8O2. The van der Waals surface area contributed by atoms with Gasteiger partial charge in [-0.3, -0.25) is 4.98 Å². The van der Waals surface area contributed by atoms with Crippen LogP contribution < -0.4 is 20.9 Å². The van der Waals surface area contributed by atoms with Crippen molar-refractivity contribution in [3.05, 3.63) is 85.5 Å². The quantitative estimate of drug-likeness (QED) is 0.301. The van der Waals surface area contributed by atoms with E-state index in [9.17, 15) is 0 Å². The van der Waals surface area contributed by atoms with Gasteiger partial charge in [-0.25, -0.2) is 9.97 Å². The highest BCUT2D eigenvalue weighted by atomic mass is 16.5. The first-order valence-electron chi connectivity index (χ1n) is 11.3. The molecule has 0 atom stereocenters. The molecule has 4 heterocycles. The van der Waals surface area contributed by atoms with E-state index in [1.807, 2.05) is 72.4 Å². The Bertz CT molecular complexity index is 1700. The molecule has 0 saturated carbocycles. The fraction of sp³-hybridized carbons (Fsp3) is 0.0741. The zero-order valence-corrected chi connectivity index (χ0v) is 20.3. The number of anilines is 2. The zero-order chi connectivity index (χ0) is 24.5. The van der Waals surface area contributed by atoms with Gasteiger partial charge in [0.15, 0.2) is 17.4 Å². The molecule has 4 N–H and O–H groups in total. The van der Waals surface area contributed by atoms with Gasteiger partial charge in [-0.15, -0.1) is 10.2 Å². The fourth-order valence-corrected chi connectivity index (χ4v) is 4.01. The maximum atomic E-state index is 6.10. The second-order valence-corrected chi connectivity index (χ2v) is 8.11. The highest BCUT2D eigenvalue weighted by Crippen LogP contribution is 2.32. The maximum Gasteiger partial charge on any atom is 0.161 e. The Hall–Kier alpha value is -5.09. The molecule has 0 aliphatic heterocycles. The minimum atomic E-state index is 0. The highest BCUT2D eigenvalue weighted by Gasteiger charge is 2.14. The van der Waals surface area contributed by atoms with Gasteiger partial charge >= 0.3 is 0 Å². The lowest BCUT2D eigenvalue weighted by Gasteiger charge is -2.12. The van der Waals surface area contributed by atoms with E-state index in [0.29, 0.717) is 34.1 Å². The molecule has 0 saturated heterocycles. The number of pyridine rings is 2. The lowest BCUT2D eigenvalue weighted by Crippen LogP contribution is -2.01. The van der Waals surface area contributed by atoms with Crippen molar-refractivity contribution in [3.63, 3.8) is 0 Å². The number of nitrogens with one attached hydrogen (secondary N) is 1. The monoisotopic (exact) mass is 492 g/mol. The SMILES string of the molecule is COc1cnc2c(Oc3ccc(Nc4nnc(-c5nccn5C)c5ccccc45)cc3)ccnc2c1.N. The van der Waals surface area contributed by atoms with Crippen molar-refractivity contribution in [2.24, 2.45) is 7.05 Å². The molecule has 4 aromatic heterocycles. The molecule has 0 unspecified atom stereocenters. The van der Waals surface area contributed by atoms with Gasteiger partial charge in [-0.1, -0.05) is 24.3 Å². The van der Waals surface area contributed by atoms with E-state index >= 15 is 0 Å². The zero-order valence-electron chi connectivity index (χ0n) is 20.3. The van der Waals surface area contributed by atoms with Gasteiger partial charge in [0.25, 0.3) is 0 Å². The van der Waals surface area contributed by atoms with E-state index in [-0.39, 0.29) is 6.15 Å². The molecule has 0 spiro atoms. The molecule has 184 valence electrons. The summed E-state index contributed by atoms with van der Waals surface area (Å²) in [6.45, 7) is 0. The number of imidazole rings is 1. The van der Waals surface area contributed by atoms with Crippen LogP contribution in [0.4, 0.5) is 11.5 Å². The van der Waals surface area contributed by atoms with Crippen LogP contribution in [0, 0.1) is 0 Å². The number of benzene rings is 2. The lowest BCUT2D eigenvalue weighted by molar-refractivity contribution is 0.413. The Labute approximate surface area is 212 Å². The number of methoxy groups -OCH3 is 1. The lowest BCUT2D eigenvalue weighted by atomic mass is 10.1. The first-order valence-corrected chi connectivity index (χ1v) is 11.3. The van der Waals surface area contributed by atoms with Gasteiger partial charge in [0.1, 0.15) is 22.7 Å². The molecule has 37 heavy (non-hydrogen) atoms. The third kappa shape index (κ3) is 4.48. The minimum absolute atomic E-state index is 0. The first kappa shape index (κ1) is 23.6. The molecule has 6 rings (SSSR count). The number of ether oxygens (including phenoxy) is 2. The van der Waals surface area contributed by atoms with Crippen LogP contribution in [0.15, 0.2) is 85.5 Å². The van der Waals surface area contributed by atoms with Crippen molar-refractivity contribution in [1.82, 2.24) is 35.9 Å². The van der Waals surface area contributed by atoms with Crippen molar-refractivity contribution >= 4 is 33.3 Å². The van der Waals surface area contributed by atoms with Crippen molar-refractivity contribution < 1.29 is 9.47 Å². The Morgan fingerprint density at radius 1 is 0.838 bits per heavy atom. The molecule has 0 bridgehead atoms. The third-order valence-corrected chi connectivity index (χ3v) is 5.82. The molecular weight excluding hydrogens is 468 g/mol. The van der Waals surface area contributed by atoms with Crippen LogP contribution in [0.5, 0.6) is 17.2 Å². The number of hydrogen-bond donors (Lipinski definition) is 2. The second-order valence-electron chi connectivity index (χ2n) is 8.11. The summed E-state index contributed by atoms with van der Waals surface area (Å²) in [7, 11) is 3.54. The summed E-state index contributed by atoms with van der Waals surface area (Å²) in [4.78, 5) is 13.2. The van der Waals surface area contributed by atoms with E-state index in [1.165, 1.54) is 0 Å². The molecule has 0 aliphatic carbocycles. The van der Waals surface area contributed by atoms with Crippen LogP contribution in [-0.4, -0.2) is 36.8 Å². The minimum Gasteiger partial charge on any atom is -0.495 e. The Balaban J connectivity index is 0.00000280. The standard InChI is InChI=1S/C27H21N7O2.H3N/c1-34-14-13-29-27(34)24-20-5-3-4-6-21(20)26(33-32-24)31-17-7-9-18(10-8-17)36-23-11-12-28-22-15-19(35-2)16-30-25(22)23;/h3-16H,1-2H3,(H,31,33);1H3. The van der Waals surface area contributed by atoms with Crippen LogP contribution >= 0.6 is 0 Å². The Morgan fingerprint density at radius 3 is 2.41 bits per heavy atom. The number of fused-ring (bicyclic) bond motifs is 2. The molecule has 0 amide bonds. The van der Waals surface area contributed by atoms with Crippen molar-refractivity contribution in [3.8, 4) is 28.8 Å². The number of hydrogen-bond acceptors (Lipinski definition) is 9. The van der Waals surface area contributed by atoms with Gasteiger partial charge in [0.05, 0.1) is 18.8 Å².